The zero-order valence-electron chi connectivity index (χ0n) is 20.6. The van der Waals surface area contributed by atoms with Crippen LogP contribution in [0.1, 0.15) is 16.9 Å². The number of hydrogen-bond acceptors (Lipinski definition) is 5. The molecule has 0 fully saturated rings. The normalized spacial score (nSPS) is 11.3. The number of thiocarbonyl (C=S) groups is 1. The van der Waals surface area contributed by atoms with Crippen molar-refractivity contribution in [3.05, 3.63) is 98.7 Å². The van der Waals surface area contributed by atoms with E-state index in [1.54, 1.807) is 24.3 Å². The highest BCUT2D eigenvalue weighted by Gasteiger charge is 2.16. The Labute approximate surface area is 244 Å². The van der Waals surface area contributed by atoms with Crippen molar-refractivity contribution in [2.24, 2.45) is 0 Å². The van der Waals surface area contributed by atoms with E-state index in [2.05, 4.69) is 15.6 Å². The summed E-state index contributed by atoms with van der Waals surface area (Å²) in [5.41, 5.74) is 5.08. The van der Waals surface area contributed by atoms with Gasteiger partial charge in [0.05, 0.1) is 5.02 Å². The van der Waals surface area contributed by atoms with E-state index in [0.717, 1.165) is 22.3 Å². The fourth-order valence-corrected chi connectivity index (χ4v) is 4.80. The minimum absolute atomic E-state index is 0.131. The molecule has 10 heteroatoms. The van der Waals surface area contributed by atoms with Crippen LogP contribution in [0.3, 0.4) is 0 Å². The van der Waals surface area contributed by atoms with Gasteiger partial charge in [0, 0.05) is 32.9 Å². The Kier molecular flexibility index (Phi) is 7.77. The molecule has 2 N–H and O–H groups in total. The van der Waals surface area contributed by atoms with Crippen LogP contribution in [0, 0.1) is 13.8 Å². The van der Waals surface area contributed by atoms with Gasteiger partial charge in [0.25, 0.3) is 0 Å². The Balaban J connectivity index is 1.25. The van der Waals surface area contributed by atoms with Gasteiger partial charge >= 0.3 is 0 Å². The number of aryl methyl sites for hydroxylation is 1. The topological polar surface area (TPSA) is 80.3 Å². The number of benzene rings is 3. The van der Waals surface area contributed by atoms with Crippen molar-refractivity contribution in [1.29, 1.82) is 0 Å². The molecular formula is C29H20Cl3N3O3S. The van der Waals surface area contributed by atoms with Gasteiger partial charge in [0.15, 0.2) is 10.7 Å². The third-order valence-electron chi connectivity index (χ3n) is 5.94. The first kappa shape index (κ1) is 27.0. The summed E-state index contributed by atoms with van der Waals surface area (Å²) in [5, 5.41) is 7.33. The lowest BCUT2D eigenvalue weighted by molar-refractivity contribution is -0.115. The summed E-state index contributed by atoms with van der Waals surface area (Å²) in [6, 6.07) is 18.1. The second kappa shape index (κ2) is 11.2. The number of nitrogens with zero attached hydrogens (tertiary/aromatic N) is 1. The number of rotatable bonds is 5. The van der Waals surface area contributed by atoms with Crippen LogP contribution in [0.25, 0.3) is 40.0 Å². The number of fused-ring (bicyclic) bond motifs is 1. The Morgan fingerprint density at radius 3 is 2.59 bits per heavy atom. The lowest BCUT2D eigenvalue weighted by Gasteiger charge is -2.12. The van der Waals surface area contributed by atoms with Crippen LogP contribution in [0.5, 0.6) is 0 Å². The second-order valence-corrected chi connectivity index (χ2v) is 10.3. The predicted octanol–water partition coefficient (Wildman–Crippen LogP) is 8.86. The Morgan fingerprint density at radius 1 is 0.974 bits per heavy atom. The SMILES string of the molecule is Cc1ccc(-c2ccc(/C=C/C(=O)NC(=S)Nc3cccc(-c4nc5cc(Cl)cc(Cl)c5o4)c3C)o2)cc1Cl. The molecule has 0 saturated heterocycles. The molecule has 3 aromatic carbocycles. The molecule has 39 heavy (non-hydrogen) atoms. The molecule has 5 rings (SSSR count). The molecule has 0 atom stereocenters. The molecule has 2 heterocycles. The lowest BCUT2D eigenvalue weighted by atomic mass is 10.1. The Morgan fingerprint density at radius 2 is 1.79 bits per heavy atom. The van der Waals surface area contributed by atoms with Gasteiger partial charge in [0.2, 0.25) is 11.8 Å². The number of oxazole rings is 1. The van der Waals surface area contributed by atoms with Crippen molar-refractivity contribution >= 4 is 80.9 Å². The molecule has 0 saturated carbocycles. The fourth-order valence-electron chi connectivity index (χ4n) is 3.89. The van der Waals surface area contributed by atoms with Crippen LogP contribution < -0.4 is 10.6 Å². The average Bonchev–Trinajstić information content (AvgIpc) is 3.53. The highest BCUT2D eigenvalue weighted by atomic mass is 35.5. The molecular weight excluding hydrogens is 577 g/mol. The van der Waals surface area contributed by atoms with Crippen molar-refractivity contribution in [2.45, 2.75) is 13.8 Å². The summed E-state index contributed by atoms with van der Waals surface area (Å²) in [7, 11) is 0. The maximum Gasteiger partial charge on any atom is 0.250 e. The van der Waals surface area contributed by atoms with Crippen molar-refractivity contribution < 1.29 is 13.6 Å². The van der Waals surface area contributed by atoms with E-state index in [9.17, 15) is 4.79 Å². The van der Waals surface area contributed by atoms with Crippen LogP contribution in [0.2, 0.25) is 15.1 Å². The minimum atomic E-state index is -0.414. The highest BCUT2D eigenvalue weighted by molar-refractivity contribution is 7.80. The monoisotopic (exact) mass is 595 g/mol. The summed E-state index contributed by atoms with van der Waals surface area (Å²) in [5.74, 6) is 1.13. The summed E-state index contributed by atoms with van der Waals surface area (Å²) >= 11 is 23.9. The first-order valence-electron chi connectivity index (χ1n) is 11.7. The largest absolute Gasteiger partial charge is 0.457 e. The van der Waals surface area contributed by atoms with Crippen LogP contribution in [0.15, 0.2) is 75.6 Å². The second-order valence-electron chi connectivity index (χ2n) is 8.68. The van der Waals surface area contributed by atoms with E-state index in [1.165, 1.54) is 6.08 Å². The van der Waals surface area contributed by atoms with E-state index in [4.69, 9.17) is 55.9 Å². The van der Waals surface area contributed by atoms with E-state index in [1.807, 2.05) is 56.3 Å². The van der Waals surface area contributed by atoms with Gasteiger partial charge in [-0.15, -0.1) is 0 Å². The number of amides is 1. The molecule has 0 aliphatic rings. The molecule has 1 amide bonds. The smallest absolute Gasteiger partial charge is 0.250 e. The number of carbonyl (C=O) groups is 1. The van der Waals surface area contributed by atoms with Gasteiger partial charge in [-0.05, 0) is 85.7 Å². The number of anilines is 1. The van der Waals surface area contributed by atoms with Crippen molar-refractivity contribution in [1.82, 2.24) is 10.3 Å². The maximum absolute atomic E-state index is 12.5. The van der Waals surface area contributed by atoms with Gasteiger partial charge in [0.1, 0.15) is 17.0 Å². The molecule has 0 aliphatic heterocycles. The summed E-state index contributed by atoms with van der Waals surface area (Å²) < 4.78 is 11.7. The van der Waals surface area contributed by atoms with Crippen molar-refractivity contribution in [3.8, 4) is 22.8 Å². The first-order chi connectivity index (χ1) is 18.7. The minimum Gasteiger partial charge on any atom is -0.457 e. The highest BCUT2D eigenvalue weighted by Crippen LogP contribution is 2.34. The molecule has 5 aromatic rings. The molecule has 0 bridgehead atoms. The maximum atomic E-state index is 12.5. The first-order valence-corrected chi connectivity index (χ1v) is 13.2. The molecule has 0 unspecified atom stereocenters. The third-order valence-corrected chi connectivity index (χ3v) is 7.05. The van der Waals surface area contributed by atoms with Crippen LogP contribution in [-0.4, -0.2) is 16.0 Å². The molecule has 0 radical (unpaired) electrons. The third kappa shape index (κ3) is 6.02. The van der Waals surface area contributed by atoms with E-state index >= 15 is 0 Å². The van der Waals surface area contributed by atoms with Gasteiger partial charge in [-0.1, -0.05) is 53.0 Å². The fraction of sp³-hybridized carbons (Fsp3) is 0.0690. The average molecular weight is 597 g/mol. The van der Waals surface area contributed by atoms with Crippen molar-refractivity contribution in [3.63, 3.8) is 0 Å². The van der Waals surface area contributed by atoms with E-state index in [0.29, 0.717) is 49.3 Å². The number of hydrogen-bond donors (Lipinski definition) is 2. The standard InChI is InChI=1S/C29H20Cl3N3O3S/c1-15-6-7-17(12-21(15)31)25-10-8-19(37-25)9-11-26(36)35-29(39)34-23-5-3-4-20(16(23)2)28-33-24-14-18(30)13-22(32)27(24)38-28/h3-14H,1-2H3,(H2,34,35,36,39)/b11-9+. The summed E-state index contributed by atoms with van der Waals surface area (Å²) in [6.45, 7) is 3.82. The number of furan rings is 1. The van der Waals surface area contributed by atoms with Gasteiger partial charge in [-0.25, -0.2) is 4.98 Å². The quantitative estimate of drug-likeness (QED) is 0.156. The van der Waals surface area contributed by atoms with Crippen LogP contribution >= 0.6 is 47.0 Å². The van der Waals surface area contributed by atoms with Crippen molar-refractivity contribution in [2.75, 3.05) is 5.32 Å². The molecule has 6 nitrogen and oxygen atoms in total. The molecule has 2 aromatic heterocycles. The number of aromatic nitrogens is 1. The van der Waals surface area contributed by atoms with E-state index < -0.39 is 5.91 Å². The summed E-state index contributed by atoms with van der Waals surface area (Å²) in [4.78, 5) is 17.0. The summed E-state index contributed by atoms with van der Waals surface area (Å²) in [6.07, 6.45) is 2.91. The van der Waals surface area contributed by atoms with Gasteiger partial charge in [-0.3, -0.25) is 10.1 Å². The molecule has 196 valence electrons. The number of halogens is 3. The molecule has 0 spiro atoms. The lowest BCUT2D eigenvalue weighted by Crippen LogP contribution is -2.33. The molecule has 0 aliphatic carbocycles. The number of carbonyl (C=O) groups excluding carboxylic acids is 1. The Bertz CT molecular complexity index is 1770. The Hall–Kier alpha value is -3.62. The van der Waals surface area contributed by atoms with Crippen LogP contribution in [0.4, 0.5) is 5.69 Å². The van der Waals surface area contributed by atoms with Gasteiger partial charge in [-0.2, -0.15) is 0 Å². The van der Waals surface area contributed by atoms with Crippen LogP contribution in [-0.2, 0) is 4.79 Å². The predicted molar refractivity (Wildman–Crippen MR) is 161 cm³/mol. The van der Waals surface area contributed by atoms with E-state index in [-0.39, 0.29) is 5.11 Å². The zero-order valence-corrected chi connectivity index (χ0v) is 23.7. The number of nitrogens with one attached hydrogen (secondary N) is 2. The van der Waals surface area contributed by atoms with Gasteiger partial charge < -0.3 is 14.2 Å². The zero-order chi connectivity index (χ0) is 27.7.